The monoisotopic (exact) mass is 199 g/mol. The van der Waals surface area contributed by atoms with Crippen molar-refractivity contribution >= 4 is 11.3 Å². The van der Waals surface area contributed by atoms with E-state index in [1.807, 2.05) is 11.6 Å². The summed E-state index contributed by atoms with van der Waals surface area (Å²) in [5, 5.41) is 6.47. The van der Waals surface area contributed by atoms with Gasteiger partial charge in [0.05, 0.1) is 0 Å². The van der Waals surface area contributed by atoms with E-state index in [1.165, 1.54) is 0 Å². The summed E-state index contributed by atoms with van der Waals surface area (Å²) in [6.45, 7) is 6.80. The largest absolute Gasteiger partial charge is 0.330 e. The number of rotatable bonds is 5. The van der Waals surface area contributed by atoms with Crippen molar-refractivity contribution in [3.05, 3.63) is 16.6 Å². The number of thiazole rings is 1. The Bertz CT molecular complexity index is 231. The Hall–Kier alpha value is -0.450. The van der Waals surface area contributed by atoms with Crippen LogP contribution in [0.5, 0.6) is 0 Å². The van der Waals surface area contributed by atoms with E-state index in [-0.39, 0.29) is 5.41 Å². The lowest BCUT2D eigenvalue weighted by atomic mass is 9.94. The molecule has 1 aromatic heterocycles. The normalized spacial score (nSPS) is 11.9. The SMILES string of the molecule is CC(C)(CN)CNCc1nccs1. The van der Waals surface area contributed by atoms with Crippen molar-refractivity contribution in [1.29, 1.82) is 0 Å². The fourth-order valence-electron chi connectivity index (χ4n) is 0.920. The fraction of sp³-hybridized carbons (Fsp3) is 0.667. The van der Waals surface area contributed by atoms with Gasteiger partial charge in [-0.15, -0.1) is 11.3 Å². The molecule has 0 saturated heterocycles. The average Bonchev–Trinajstić information content (AvgIpc) is 2.57. The van der Waals surface area contributed by atoms with Gasteiger partial charge in [0.1, 0.15) is 5.01 Å². The highest BCUT2D eigenvalue weighted by atomic mass is 32.1. The minimum atomic E-state index is 0.178. The number of hydrogen-bond acceptors (Lipinski definition) is 4. The molecule has 0 spiro atoms. The van der Waals surface area contributed by atoms with Crippen LogP contribution in [0.2, 0.25) is 0 Å². The summed E-state index contributed by atoms with van der Waals surface area (Å²) in [7, 11) is 0. The lowest BCUT2D eigenvalue weighted by Crippen LogP contribution is -2.35. The molecule has 1 aromatic rings. The van der Waals surface area contributed by atoms with Crippen LogP contribution < -0.4 is 11.1 Å². The topological polar surface area (TPSA) is 50.9 Å². The molecule has 13 heavy (non-hydrogen) atoms. The van der Waals surface area contributed by atoms with E-state index >= 15 is 0 Å². The predicted octanol–water partition coefficient (Wildman–Crippen LogP) is 1.22. The molecule has 0 saturated carbocycles. The number of aromatic nitrogens is 1. The van der Waals surface area contributed by atoms with Crippen molar-refractivity contribution in [2.45, 2.75) is 20.4 Å². The summed E-state index contributed by atoms with van der Waals surface area (Å²) in [6.07, 6.45) is 1.83. The second-order valence-corrected chi connectivity index (χ2v) is 4.88. The minimum absolute atomic E-state index is 0.178. The third-order valence-electron chi connectivity index (χ3n) is 1.92. The van der Waals surface area contributed by atoms with Crippen LogP contribution in [0.1, 0.15) is 18.9 Å². The molecule has 3 N–H and O–H groups in total. The highest BCUT2D eigenvalue weighted by molar-refractivity contribution is 7.09. The molecule has 3 nitrogen and oxygen atoms in total. The molecule has 4 heteroatoms. The van der Waals surface area contributed by atoms with Crippen molar-refractivity contribution < 1.29 is 0 Å². The standard InChI is InChI=1S/C9H17N3S/c1-9(2,6-10)7-11-5-8-12-3-4-13-8/h3-4,11H,5-7,10H2,1-2H3. The van der Waals surface area contributed by atoms with E-state index in [2.05, 4.69) is 24.1 Å². The van der Waals surface area contributed by atoms with E-state index in [1.54, 1.807) is 11.3 Å². The van der Waals surface area contributed by atoms with Gasteiger partial charge >= 0.3 is 0 Å². The Morgan fingerprint density at radius 3 is 2.92 bits per heavy atom. The van der Waals surface area contributed by atoms with Gasteiger partial charge in [-0.05, 0) is 12.0 Å². The quantitative estimate of drug-likeness (QED) is 0.749. The maximum atomic E-state index is 5.61. The summed E-state index contributed by atoms with van der Waals surface area (Å²) in [5.41, 5.74) is 5.79. The summed E-state index contributed by atoms with van der Waals surface area (Å²) in [5.74, 6) is 0. The Balaban J connectivity index is 2.21. The van der Waals surface area contributed by atoms with Crippen molar-refractivity contribution in [3.63, 3.8) is 0 Å². The summed E-state index contributed by atoms with van der Waals surface area (Å²) < 4.78 is 0. The molecule has 1 rings (SSSR count). The Labute approximate surface area is 83.4 Å². The summed E-state index contributed by atoms with van der Waals surface area (Å²) in [4.78, 5) is 4.19. The Morgan fingerprint density at radius 2 is 2.38 bits per heavy atom. The van der Waals surface area contributed by atoms with E-state index in [0.717, 1.165) is 18.1 Å². The summed E-state index contributed by atoms with van der Waals surface area (Å²) >= 11 is 1.68. The van der Waals surface area contributed by atoms with Gasteiger partial charge in [-0.1, -0.05) is 13.8 Å². The number of nitrogens with two attached hydrogens (primary N) is 1. The van der Waals surface area contributed by atoms with E-state index in [4.69, 9.17) is 5.73 Å². The molecule has 0 unspecified atom stereocenters. The smallest absolute Gasteiger partial charge is 0.106 e. The van der Waals surface area contributed by atoms with Gasteiger partial charge in [0, 0.05) is 24.7 Å². The van der Waals surface area contributed by atoms with Crippen molar-refractivity contribution in [2.24, 2.45) is 11.1 Å². The van der Waals surface area contributed by atoms with Crippen LogP contribution >= 0.6 is 11.3 Å². The van der Waals surface area contributed by atoms with Gasteiger partial charge in [0.25, 0.3) is 0 Å². The van der Waals surface area contributed by atoms with Gasteiger partial charge in [-0.2, -0.15) is 0 Å². The maximum Gasteiger partial charge on any atom is 0.106 e. The zero-order chi connectivity index (χ0) is 9.73. The van der Waals surface area contributed by atoms with Crippen LogP contribution in [0, 0.1) is 5.41 Å². The van der Waals surface area contributed by atoms with Crippen LogP contribution in [0.15, 0.2) is 11.6 Å². The molecule has 0 aliphatic carbocycles. The molecule has 0 atom stereocenters. The molecule has 0 bridgehead atoms. The van der Waals surface area contributed by atoms with Crippen molar-refractivity contribution in [1.82, 2.24) is 10.3 Å². The third kappa shape index (κ3) is 3.85. The highest BCUT2D eigenvalue weighted by Gasteiger charge is 2.14. The fourth-order valence-corrected chi connectivity index (χ4v) is 1.51. The molecular formula is C9H17N3S. The van der Waals surface area contributed by atoms with Gasteiger partial charge in [-0.3, -0.25) is 0 Å². The molecule has 74 valence electrons. The number of hydrogen-bond donors (Lipinski definition) is 2. The first-order valence-corrected chi connectivity index (χ1v) is 5.31. The second-order valence-electron chi connectivity index (χ2n) is 3.90. The van der Waals surface area contributed by atoms with Gasteiger partial charge < -0.3 is 11.1 Å². The van der Waals surface area contributed by atoms with Crippen molar-refractivity contribution in [3.8, 4) is 0 Å². The molecule has 0 radical (unpaired) electrons. The lowest BCUT2D eigenvalue weighted by molar-refractivity contribution is 0.351. The zero-order valence-electron chi connectivity index (χ0n) is 8.21. The third-order valence-corrected chi connectivity index (χ3v) is 2.70. The molecule has 0 fully saturated rings. The molecule has 0 aliphatic heterocycles. The van der Waals surface area contributed by atoms with Crippen LogP contribution in [0.4, 0.5) is 0 Å². The number of nitrogens with one attached hydrogen (secondary N) is 1. The zero-order valence-corrected chi connectivity index (χ0v) is 9.03. The molecule has 0 aromatic carbocycles. The summed E-state index contributed by atoms with van der Waals surface area (Å²) in [6, 6.07) is 0. The van der Waals surface area contributed by atoms with Crippen LogP contribution in [-0.4, -0.2) is 18.1 Å². The van der Waals surface area contributed by atoms with E-state index < -0.39 is 0 Å². The van der Waals surface area contributed by atoms with Gasteiger partial charge in [0.2, 0.25) is 0 Å². The first kappa shape index (κ1) is 10.6. The molecule has 0 aliphatic rings. The number of nitrogens with zero attached hydrogens (tertiary/aromatic N) is 1. The lowest BCUT2D eigenvalue weighted by Gasteiger charge is -2.22. The average molecular weight is 199 g/mol. The van der Waals surface area contributed by atoms with Gasteiger partial charge in [0.15, 0.2) is 0 Å². The minimum Gasteiger partial charge on any atom is -0.330 e. The Kier molecular flexibility index (Phi) is 3.84. The Morgan fingerprint density at radius 1 is 1.62 bits per heavy atom. The second kappa shape index (κ2) is 4.69. The van der Waals surface area contributed by atoms with Crippen LogP contribution in [0.25, 0.3) is 0 Å². The van der Waals surface area contributed by atoms with Gasteiger partial charge in [-0.25, -0.2) is 4.98 Å². The maximum absolute atomic E-state index is 5.61. The first-order valence-electron chi connectivity index (χ1n) is 4.43. The van der Waals surface area contributed by atoms with E-state index in [9.17, 15) is 0 Å². The predicted molar refractivity (Wildman–Crippen MR) is 56.7 cm³/mol. The molecular weight excluding hydrogens is 182 g/mol. The highest BCUT2D eigenvalue weighted by Crippen LogP contribution is 2.11. The van der Waals surface area contributed by atoms with Crippen LogP contribution in [-0.2, 0) is 6.54 Å². The van der Waals surface area contributed by atoms with Crippen LogP contribution in [0.3, 0.4) is 0 Å². The van der Waals surface area contributed by atoms with E-state index in [0.29, 0.717) is 6.54 Å². The first-order chi connectivity index (χ1) is 6.14. The molecule has 1 heterocycles. The van der Waals surface area contributed by atoms with Crippen molar-refractivity contribution in [2.75, 3.05) is 13.1 Å². The molecule has 0 amide bonds.